The van der Waals surface area contributed by atoms with E-state index in [1.165, 1.54) is 0 Å². The van der Waals surface area contributed by atoms with E-state index in [2.05, 4.69) is 96.4 Å². The number of hydrogen-bond donors (Lipinski definition) is 2. The molecule has 0 aromatic carbocycles. The Balaban J connectivity index is 0. The van der Waals surface area contributed by atoms with Crippen LogP contribution in [0.2, 0.25) is 0 Å². The first-order chi connectivity index (χ1) is 11.8. The predicted octanol–water partition coefficient (Wildman–Crippen LogP) is 6.60. The van der Waals surface area contributed by atoms with Crippen LogP contribution in [-0.2, 0) is 23.6 Å². The normalized spacial score (nSPS) is 20.3. The monoisotopic (exact) mass is 472 g/mol. The lowest BCUT2D eigenvalue weighted by Crippen LogP contribution is -2.32. The van der Waals surface area contributed by atoms with Crippen molar-refractivity contribution in [3.8, 4) is 0 Å². The molecule has 0 spiro atoms. The molecule has 0 rings (SSSR count). The molecule has 28 heavy (non-hydrogen) atoms. The number of aliphatic hydroxyl groups excluding tert-OH is 2. The fourth-order valence-corrected chi connectivity index (χ4v) is 6.11. The van der Waals surface area contributed by atoms with E-state index < -0.39 is 12.1 Å². The molecule has 0 aromatic heterocycles. The van der Waals surface area contributed by atoms with Crippen molar-refractivity contribution in [1.82, 2.24) is 0 Å². The average Bonchev–Trinajstić information content (AvgIpc) is 2.33. The summed E-state index contributed by atoms with van der Waals surface area (Å²) in [4.78, 5) is 0. The lowest BCUT2D eigenvalue weighted by atomic mass is 9.90. The molecular formula is C22H50O2P2S2. The Hall–Kier alpha value is 1.22. The molecule has 0 saturated carbocycles. The van der Waals surface area contributed by atoms with E-state index >= 15 is 0 Å². The Kier molecular flexibility index (Phi) is 11.5. The third kappa shape index (κ3) is 11.0. The van der Waals surface area contributed by atoms with Crippen molar-refractivity contribution in [3.63, 3.8) is 0 Å². The minimum Gasteiger partial charge on any atom is -0.392 e. The third-order valence-corrected chi connectivity index (χ3v) is 17.8. The highest BCUT2D eigenvalue weighted by atomic mass is 32.4. The van der Waals surface area contributed by atoms with Gasteiger partial charge < -0.3 is 10.2 Å². The highest BCUT2D eigenvalue weighted by Gasteiger charge is 2.34. The molecule has 0 aromatic rings. The van der Waals surface area contributed by atoms with Crippen molar-refractivity contribution < 1.29 is 10.2 Å². The SMILES string of the molecule is CC(C)(C)[C@@H](O)C[P@@](C)(=S)C(C)(C)C.CC(C)(C)[C@@H](O)C[P@@](C)(=S)C(C)(C)C. The van der Waals surface area contributed by atoms with Gasteiger partial charge in [0.05, 0.1) is 12.2 Å². The second kappa shape index (κ2) is 10.2. The van der Waals surface area contributed by atoms with Crippen LogP contribution >= 0.6 is 12.1 Å². The molecule has 0 saturated heterocycles. The molecule has 4 atom stereocenters. The van der Waals surface area contributed by atoms with Crippen molar-refractivity contribution in [1.29, 1.82) is 0 Å². The van der Waals surface area contributed by atoms with Crippen LogP contribution in [0.15, 0.2) is 0 Å². The Morgan fingerprint density at radius 2 is 0.750 bits per heavy atom. The quantitative estimate of drug-likeness (QED) is 0.452. The summed E-state index contributed by atoms with van der Waals surface area (Å²) in [5.74, 6) is 0. The second-order valence-corrected chi connectivity index (χ2v) is 25.3. The van der Waals surface area contributed by atoms with Crippen molar-refractivity contribution in [2.75, 3.05) is 25.7 Å². The molecule has 0 aliphatic heterocycles. The lowest BCUT2D eigenvalue weighted by Gasteiger charge is -2.37. The van der Waals surface area contributed by atoms with Crippen molar-refractivity contribution in [3.05, 3.63) is 0 Å². The van der Waals surface area contributed by atoms with E-state index in [1.807, 2.05) is 0 Å². The lowest BCUT2D eigenvalue weighted by molar-refractivity contribution is 0.0829. The van der Waals surface area contributed by atoms with E-state index in [-0.39, 0.29) is 33.4 Å². The molecule has 0 heterocycles. The Morgan fingerprint density at radius 1 is 0.571 bits per heavy atom. The van der Waals surface area contributed by atoms with Crippen LogP contribution < -0.4 is 0 Å². The molecular weight excluding hydrogens is 422 g/mol. The van der Waals surface area contributed by atoms with Crippen molar-refractivity contribution >= 4 is 35.7 Å². The average molecular weight is 473 g/mol. The third-order valence-electron chi connectivity index (χ3n) is 5.88. The van der Waals surface area contributed by atoms with Crippen LogP contribution in [0, 0.1) is 10.8 Å². The van der Waals surface area contributed by atoms with Gasteiger partial charge in [0.25, 0.3) is 0 Å². The smallest absolute Gasteiger partial charge is 0.0634 e. The van der Waals surface area contributed by atoms with Crippen LogP contribution in [0.3, 0.4) is 0 Å². The maximum Gasteiger partial charge on any atom is 0.0634 e. The largest absolute Gasteiger partial charge is 0.392 e. The van der Waals surface area contributed by atoms with Gasteiger partial charge in [-0.1, -0.05) is 107 Å². The van der Waals surface area contributed by atoms with Gasteiger partial charge in [0.1, 0.15) is 0 Å². The minimum absolute atomic E-state index is 0.0503. The highest BCUT2D eigenvalue weighted by Crippen LogP contribution is 2.56. The van der Waals surface area contributed by atoms with Crippen LogP contribution in [0.1, 0.15) is 83.1 Å². The summed E-state index contributed by atoms with van der Waals surface area (Å²) in [5.41, 5.74) is -0.101. The zero-order valence-corrected chi connectivity index (χ0v) is 24.6. The first kappa shape index (κ1) is 31.4. The molecule has 2 N–H and O–H groups in total. The van der Waals surface area contributed by atoms with Crippen molar-refractivity contribution in [2.45, 2.75) is 106 Å². The molecule has 2 nitrogen and oxygen atoms in total. The van der Waals surface area contributed by atoms with Gasteiger partial charge in [0, 0.05) is 12.3 Å². The van der Waals surface area contributed by atoms with Crippen molar-refractivity contribution in [2.24, 2.45) is 10.8 Å². The van der Waals surface area contributed by atoms with Crippen LogP contribution in [0.25, 0.3) is 0 Å². The van der Waals surface area contributed by atoms with E-state index in [1.54, 1.807) is 0 Å². The molecule has 172 valence electrons. The zero-order chi connectivity index (χ0) is 23.6. The molecule has 0 amide bonds. The minimum atomic E-state index is -1.45. The molecule has 0 fully saturated rings. The first-order valence-electron chi connectivity index (χ1n) is 10.2. The van der Waals surface area contributed by atoms with Gasteiger partial charge in [-0.15, -0.1) is 0 Å². The Labute approximate surface area is 187 Å². The van der Waals surface area contributed by atoms with E-state index in [0.717, 1.165) is 12.3 Å². The van der Waals surface area contributed by atoms with Gasteiger partial charge in [0.15, 0.2) is 0 Å². The van der Waals surface area contributed by atoms with Crippen LogP contribution in [0.4, 0.5) is 0 Å². The van der Waals surface area contributed by atoms with E-state index in [0.29, 0.717) is 0 Å². The molecule has 0 bridgehead atoms. The Morgan fingerprint density at radius 3 is 0.857 bits per heavy atom. The summed E-state index contributed by atoms with van der Waals surface area (Å²) in [7, 11) is 0. The highest BCUT2D eigenvalue weighted by molar-refractivity contribution is 8.15. The summed E-state index contributed by atoms with van der Waals surface area (Å²) in [5, 5.41) is 20.4. The molecule has 0 unspecified atom stereocenters. The fraction of sp³-hybridized carbons (Fsp3) is 1.00. The van der Waals surface area contributed by atoms with E-state index in [4.69, 9.17) is 23.6 Å². The fourth-order valence-electron chi connectivity index (χ4n) is 1.76. The predicted molar refractivity (Wildman–Crippen MR) is 141 cm³/mol. The van der Waals surface area contributed by atoms with Gasteiger partial charge in [-0.2, -0.15) is 0 Å². The number of aliphatic hydroxyl groups is 2. The maximum absolute atomic E-state index is 10.0. The molecule has 0 radical (unpaired) electrons. The standard InChI is InChI=1S/2C11H25OPS/c2*1-10(2,3)9(12)8-13(7,14)11(4,5)6/h2*9,12H,8H2,1-7H3/t2*9-,13+/m00/s1. The van der Waals surface area contributed by atoms with Gasteiger partial charge in [0.2, 0.25) is 0 Å². The topological polar surface area (TPSA) is 40.5 Å². The molecule has 0 aliphatic carbocycles. The summed E-state index contributed by atoms with van der Waals surface area (Å²) < 4.78 is 0. The summed E-state index contributed by atoms with van der Waals surface area (Å²) in [6.45, 7) is 29.8. The van der Waals surface area contributed by atoms with Gasteiger partial charge in [-0.25, -0.2) is 0 Å². The first-order valence-corrected chi connectivity index (χ1v) is 17.1. The van der Waals surface area contributed by atoms with Crippen LogP contribution in [0.5, 0.6) is 0 Å². The molecule has 0 aliphatic rings. The van der Waals surface area contributed by atoms with Crippen LogP contribution in [-0.4, -0.2) is 58.4 Å². The van der Waals surface area contributed by atoms with E-state index in [9.17, 15) is 10.2 Å². The summed E-state index contributed by atoms with van der Waals surface area (Å²) >= 11 is 11.4. The number of rotatable bonds is 4. The van der Waals surface area contributed by atoms with Gasteiger partial charge in [-0.3, -0.25) is 0 Å². The maximum atomic E-state index is 10.0. The zero-order valence-electron chi connectivity index (χ0n) is 21.2. The van der Waals surface area contributed by atoms with Gasteiger partial charge in [-0.05, 0) is 46.5 Å². The molecule has 6 heteroatoms. The second-order valence-electron chi connectivity index (χ2n) is 12.7. The number of hydrogen-bond acceptors (Lipinski definition) is 4. The Bertz CT molecular complexity index is 521. The summed E-state index contributed by atoms with van der Waals surface area (Å²) in [6.07, 6.45) is 1.01. The van der Waals surface area contributed by atoms with Gasteiger partial charge >= 0.3 is 0 Å². The summed E-state index contributed by atoms with van der Waals surface area (Å²) in [6, 6.07) is -2.89.